The second-order valence-electron chi connectivity index (χ2n) is 5.95. The summed E-state index contributed by atoms with van der Waals surface area (Å²) in [7, 11) is 1.65. The highest BCUT2D eigenvalue weighted by molar-refractivity contribution is 6.07. The van der Waals surface area contributed by atoms with Crippen LogP contribution >= 0.6 is 0 Å². The molecule has 0 unspecified atom stereocenters. The number of rotatable bonds is 3. The number of fused-ring (bicyclic) bond motifs is 1. The van der Waals surface area contributed by atoms with Crippen LogP contribution in [-0.4, -0.2) is 36.0 Å². The number of hydrogen-bond donors (Lipinski definition) is 0. The first-order valence-corrected chi connectivity index (χ1v) is 8.10. The lowest BCUT2D eigenvalue weighted by Crippen LogP contribution is -2.42. The molecule has 0 saturated carbocycles. The number of nitrogens with zero attached hydrogens (tertiary/aromatic N) is 2. The van der Waals surface area contributed by atoms with Crippen molar-refractivity contribution in [2.75, 3.05) is 20.2 Å². The first-order chi connectivity index (χ1) is 11.8. The zero-order chi connectivity index (χ0) is 16.5. The van der Waals surface area contributed by atoms with Crippen LogP contribution in [-0.2, 0) is 0 Å². The molecule has 120 valence electrons. The van der Waals surface area contributed by atoms with Gasteiger partial charge in [-0.25, -0.2) is 4.98 Å². The maximum atomic E-state index is 12.8. The fourth-order valence-corrected chi connectivity index (χ4v) is 2.95. The Hall–Kier alpha value is -2.88. The zero-order valence-electron chi connectivity index (χ0n) is 13.5. The minimum Gasteiger partial charge on any atom is -0.497 e. The van der Waals surface area contributed by atoms with E-state index >= 15 is 0 Å². The fourth-order valence-electron chi connectivity index (χ4n) is 2.95. The van der Waals surface area contributed by atoms with Gasteiger partial charge in [0.25, 0.3) is 5.91 Å². The summed E-state index contributed by atoms with van der Waals surface area (Å²) in [6, 6.07) is 17.5. The molecule has 3 aromatic rings. The minimum atomic E-state index is 0.0922. The minimum absolute atomic E-state index is 0.0922. The summed E-state index contributed by atoms with van der Waals surface area (Å²) in [4.78, 5) is 19.4. The second-order valence-corrected chi connectivity index (χ2v) is 5.95. The second kappa shape index (κ2) is 5.96. The lowest BCUT2D eigenvalue weighted by atomic mass is 10.0. The lowest BCUT2D eigenvalue weighted by molar-refractivity contribution is 0.0654. The van der Waals surface area contributed by atoms with Crippen molar-refractivity contribution in [2.45, 2.75) is 6.42 Å². The first kappa shape index (κ1) is 14.7. The summed E-state index contributed by atoms with van der Waals surface area (Å²) in [5, 5.41) is 0.909. The summed E-state index contributed by atoms with van der Waals surface area (Å²) in [6.07, 6.45) is 1.08. The lowest BCUT2D eigenvalue weighted by Gasteiger charge is -2.31. The van der Waals surface area contributed by atoms with Gasteiger partial charge in [-0.1, -0.05) is 18.2 Å². The van der Waals surface area contributed by atoms with Crippen LogP contribution in [0.2, 0.25) is 0 Å². The van der Waals surface area contributed by atoms with Gasteiger partial charge in [0.2, 0.25) is 0 Å². The number of ether oxygens (including phenoxy) is 1. The molecular formula is C20H18N2O2. The number of likely N-dealkylation sites (tertiary alicyclic amines) is 1. The zero-order valence-corrected chi connectivity index (χ0v) is 13.5. The van der Waals surface area contributed by atoms with Crippen LogP contribution in [0.15, 0.2) is 54.6 Å². The van der Waals surface area contributed by atoms with Crippen LogP contribution < -0.4 is 4.74 Å². The van der Waals surface area contributed by atoms with Crippen LogP contribution in [0.4, 0.5) is 0 Å². The predicted octanol–water partition coefficient (Wildman–Crippen LogP) is 3.76. The number of carbonyl (C=O) groups excluding carboxylic acids is 1. The highest BCUT2D eigenvalue weighted by atomic mass is 16.5. The van der Waals surface area contributed by atoms with E-state index in [1.54, 1.807) is 7.11 Å². The van der Waals surface area contributed by atoms with Gasteiger partial charge in [-0.15, -0.1) is 0 Å². The van der Waals surface area contributed by atoms with Gasteiger partial charge in [-0.3, -0.25) is 4.79 Å². The number of para-hydroxylation sites is 1. The molecule has 0 bridgehead atoms. The van der Waals surface area contributed by atoms with E-state index in [9.17, 15) is 4.79 Å². The average Bonchev–Trinajstić information content (AvgIpc) is 2.59. The van der Waals surface area contributed by atoms with Crippen molar-refractivity contribution in [2.24, 2.45) is 0 Å². The summed E-state index contributed by atoms with van der Waals surface area (Å²) < 4.78 is 5.21. The number of carbonyl (C=O) groups is 1. The van der Waals surface area contributed by atoms with E-state index in [1.807, 2.05) is 59.5 Å². The van der Waals surface area contributed by atoms with Crippen molar-refractivity contribution >= 4 is 16.8 Å². The first-order valence-electron chi connectivity index (χ1n) is 8.10. The molecule has 4 nitrogen and oxygen atoms in total. The van der Waals surface area contributed by atoms with Crippen molar-refractivity contribution in [3.63, 3.8) is 0 Å². The van der Waals surface area contributed by atoms with E-state index in [1.165, 1.54) is 0 Å². The third-order valence-corrected chi connectivity index (χ3v) is 4.48. The van der Waals surface area contributed by atoms with E-state index < -0.39 is 0 Å². The number of pyridine rings is 1. The molecule has 1 saturated heterocycles. The standard InChI is InChI=1S/C20H18N2O2/c1-24-15-9-7-14(8-10-15)19-13-17(20(23)22-11-4-12-22)16-5-2-3-6-18(16)21-19/h2-3,5-10,13H,4,11-12H2,1H3. The van der Waals surface area contributed by atoms with Crippen molar-refractivity contribution in [1.29, 1.82) is 0 Å². The fraction of sp³-hybridized carbons (Fsp3) is 0.200. The Morgan fingerprint density at radius 3 is 2.50 bits per heavy atom. The highest BCUT2D eigenvalue weighted by Crippen LogP contribution is 2.28. The molecule has 2 heterocycles. The molecule has 1 aliphatic heterocycles. The summed E-state index contributed by atoms with van der Waals surface area (Å²) in [6.45, 7) is 1.68. The molecule has 0 N–H and O–H groups in total. The van der Waals surface area contributed by atoms with Gasteiger partial charge in [0.05, 0.1) is 23.9 Å². The molecule has 1 aliphatic rings. The molecule has 0 spiro atoms. The third-order valence-electron chi connectivity index (χ3n) is 4.48. The topological polar surface area (TPSA) is 42.4 Å². The van der Waals surface area contributed by atoms with E-state index in [0.717, 1.165) is 53.0 Å². The predicted molar refractivity (Wildman–Crippen MR) is 94.3 cm³/mol. The van der Waals surface area contributed by atoms with Gasteiger partial charge in [0.15, 0.2) is 0 Å². The quantitative estimate of drug-likeness (QED) is 0.738. The molecule has 0 aliphatic carbocycles. The monoisotopic (exact) mass is 318 g/mol. The van der Waals surface area contributed by atoms with E-state index in [4.69, 9.17) is 9.72 Å². The van der Waals surface area contributed by atoms with Crippen LogP contribution in [0.25, 0.3) is 22.2 Å². The number of methoxy groups -OCH3 is 1. The Bertz CT molecular complexity index is 899. The molecular weight excluding hydrogens is 300 g/mol. The normalized spacial score (nSPS) is 13.6. The van der Waals surface area contributed by atoms with Crippen LogP contribution in [0.3, 0.4) is 0 Å². The Morgan fingerprint density at radius 2 is 1.83 bits per heavy atom. The largest absolute Gasteiger partial charge is 0.497 e. The van der Waals surface area contributed by atoms with Crippen molar-refractivity contribution in [3.05, 3.63) is 60.2 Å². The maximum Gasteiger partial charge on any atom is 0.254 e. The van der Waals surface area contributed by atoms with Gasteiger partial charge >= 0.3 is 0 Å². The number of benzene rings is 2. The molecule has 0 radical (unpaired) electrons. The highest BCUT2D eigenvalue weighted by Gasteiger charge is 2.24. The smallest absolute Gasteiger partial charge is 0.254 e. The summed E-state index contributed by atoms with van der Waals surface area (Å²) in [5.74, 6) is 0.894. The molecule has 0 atom stereocenters. The Labute approximate surface area is 140 Å². The van der Waals surface area contributed by atoms with E-state index in [0.29, 0.717) is 0 Å². The van der Waals surface area contributed by atoms with Crippen LogP contribution in [0.5, 0.6) is 5.75 Å². The number of amides is 1. The molecule has 24 heavy (non-hydrogen) atoms. The summed E-state index contributed by atoms with van der Waals surface area (Å²) >= 11 is 0. The van der Waals surface area contributed by atoms with Gasteiger partial charge in [0.1, 0.15) is 5.75 Å². The molecule has 4 heteroatoms. The van der Waals surface area contributed by atoms with Crippen molar-refractivity contribution in [3.8, 4) is 17.0 Å². The average molecular weight is 318 g/mol. The molecule has 1 aromatic heterocycles. The van der Waals surface area contributed by atoms with Gasteiger partial charge in [-0.05, 0) is 42.8 Å². The van der Waals surface area contributed by atoms with Crippen LogP contribution in [0, 0.1) is 0 Å². The SMILES string of the molecule is COc1ccc(-c2cc(C(=O)N3CCC3)c3ccccc3n2)cc1. The molecule has 1 fully saturated rings. The maximum absolute atomic E-state index is 12.8. The molecule has 4 rings (SSSR count). The van der Waals surface area contributed by atoms with Crippen molar-refractivity contribution in [1.82, 2.24) is 9.88 Å². The third kappa shape index (κ3) is 2.50. The van der Waals surface area contributed by atoms with Crippen molar-refractivity contribution < 1.29 is 9.53 Å². The van der Waals surface area contributed by atoms with E-state index in [2.05, 4.69) is 0 Å². The van der Waals surface area contributed by atoms with Gasteiger partial charge in [-0.2, -0.15) is 0 Å². The van der Waals surface area contributed by atoms with Gasteiger partial charge in [0, 0.05) is 24.0 Å². The number of hydrogen-bond acceptors (Lipinski definition) is 3. The molecule has 1 amide bonds. The van der Waals surface area contributed by atoms with E-state index in [-0.39, 0.29) is 5.91 Å². The van der Waals surface area contributed by atoms with Crippen LogP contribution in [0.1, 0.15) is 16.8 Å². The Kier molecular flexibility index (Phi) is 3.65. The Morgan fingerprint density at radius 1 is 1.08 bits per heavy atom. The number of aromatic nitrogens is 1. The Balaban J connectivity index is 1.85. The molecule has 2 aromatic carbocycles. The van der Waals surface area contributed by atoms with Gasteiger partial charge < -0.3 is 9.64 Å². The summed E-state index contributed by atoms with van der Waals surface area (Å²) in [5.41, 5.74) is 3.35.